The summed E-state index contributed by atoms with van der Waals surface area (Å²) < 4.78 is 25.8. The third-order valence-corrected chi connectivity index (χ3v) is 5.06. The van der Waals surface area contributed by atoms with Gasteiger partial charge in [0, 0.05) is 30.3 Å². The van der Waals surface area contributed by atoms with Crippen LogP contribution in [0.15, 0.2) is 30.3 Å². The van der Waals surface area contributed by atoms with Gasteiger partial charge >= 0.3 is 0 Å². The first kappa shape index (κ1) is 18.3. The van der Waals surface area contributed by atoms with Gasteiger partial charge in [0.15, 0.2) is 17.2 Å². The number of anilines is 1. The summed E-state index contributed by atoms with van der Waals surface area (Å²) in [5, 5.41) is 7.06. The number of methoxy groups -OCH3 is 2. The lowest BCUT2D eigenvalue weighted by atomic mass is 10.1. The molecule has 28 heavy (non-hydrogen) atoms. The van der Waals surface area contributed by atoms with Crippen LogP contribution >= 0.6 is 11.6 Å². The zero-order valence-electron chi connectivity index (χ0n) is 15.5. The molecule has 0 aliphatic heterocycles. The second kappa shape index (κ2) is 6.83. The molecule has 1 amide bonds. The number of nitrogens with one attached hydrogen (secondary N) is 1. The third kappa shape index (κ3) is 2.88. The number of ether oxygens (including phenoxy) is 2. The first-order valence-electron chi connectivity index (χ1n) is 8.50. The molecule has 1 aliphatic carbocycles. The Balaban J connectivity index is 1.71. The number of aromatic nitrogens is 2. The Morgan fingerprint density at radius 1 is 1.21 bits per heavy atom. The summed E-state index contributed by atoms with van der Waals surface area (Å²) in [6.45, 7) is 0. The molecule has 3 aromatic rings. The molecule has 2 aromatic carbocycles. The van der Waals surface area contributed by atoms with Crippen molar-refractivity contribution >= 4 is 23.2 Å². The molecule has 0 saturated carbocycles. The molecule has 0 spiro atoms. The van der Waals surface area contributed by atoms with E-state index >= 15 is 0 Å². The number of fused-ring (bicyclic) bond motifs is 3. The second-order valence-corrected chi connectivity index (χ2v) is 6.83. The molecule has 1 aromatic heterocycles. The Labute approximate surface area is 165 Å². The van der Waals surface area contributed by atoms with Crippen LogP contribution in [-0.4, -0.2) is 29.9 Å². The van der Waals surface area contributed by atoms with Crippen LogP contribution in [0.3, 0.4) is 0 Å². The molecule has 1 heterocycles. The minimum Gasteiger partial charge on any atom is -0.493 e. The number of carbonyl (C=O) groups is 1. The van der Waals surface area contributed by atoms with E-state index < -0.39 is 5.82 Å². The molecule has 144 valence electrons. The van der Waals surface area contributed by atoms with Crippen LogP contribution in [0.4, 0.5) is 10.1 Å². The van der Waals surface area contributed by atoms with Crippen molar-refractivity contribution in [2.45, 2.75) is 6.42 Å². The topological polar surface area (TPSA) is 65.4 Å². The lowest BCUT2D eigenvalue weighted by Gasteiger charge is -2.11. The SMILES string of the molecule is COc1cc2c(cc1OC)-c1c(c(C(=O)Nc3ccc(F)c(Cl)c3)nn1C)C2. The Bertz CT molecular complexity index is 1110. The molecule has 0 fully saturated rings. The van der Waals surface area contributed by atoms with Gasteiger partial charge in [-0.3, -0.25) is 9.48 Å². The number of benzene rings is 2. The maximum atomic E-state index is 13.3. The van der Waals surface area contributed by atoms with Gasteiger partial charge < -0.3 is 14.8 Å². The highest BCUT2D eigenvalue weighted by Crippen LogP contribution is 2.43. The molecule has 4 rings (SSSR count). The number of nitrogens with zero attached hydrogens (tertiary/aromatic N) is 2. The van der Waals surface area contributed by atoms with Gasteiger partial charge in [-0.15, -0.1) is 0 Å². The summed E-state index contributed by atoms with van der Waals surface area (Å²) in [4.78, 5) is 12.8. The van der Waals surface area contributed by atoms with E-state index in [2.05, 4.69) is 10.4 Å². The van der Waals surface area contributed by atoms with Gasteiger partial charge in [-0.25, -0.2) is 4.39 Å². The molecular formula is C20H17ClFN3O3. The number of amides is 1. The van der Waals surface area contributed by atoms with E-state index in [9.17, 15) is 9.18 Å². The molecule has 0 bridgehead atoms. The van der Waals surface area contributed by atoms with Gasteiger partial charge in [0.25, 0.3) is 5.91 Å². The fourth-order valence-corrected chi connectivity index (χ4v) is 3.68. The number of hydrogen-bond acceptors (Lipinski definition) is 4. The molecule has 0 unspecified atom stereocenters. The van der Waals surface area contributed by atoms with Crippen LogP contribution in [-0.2, 0) is 13.5 Å². The molecule has 0 radical (unpaired) electrons. The van der Waals surface area contributed by atoms with E-state index in [1.165, 1.54) is 18.2 Å². The highest BCUT2D eigenvalue weighted by atomic mass is 35.5. The molecule has 0 saturated heterocycles. The number of hydrogen-bond donors (Lipinski definition) is 1. The molecule has 6 nitrogen and oxygen atoms in total. The van der Waals surface area contributed by atoms with Gasteiger partial charge in [0.2, 0.25) is 0 Å². The van der Waals surface area contributed by atoms with Gasteiger partial charge in [-0.1, -0.05) is 11.6 Å². The summed E-state index contributed by atoms with van der Waals surface area (Å²) in [5.74, 6) is 0.319. The van der Waals surface area contributed by atoms with Crippen molar-refractivity contribution in [1.82, 2.24) is 9.78 Å². The zero-order valence-corrected chi connectivity index (χ0v) is 16.2. The van der Waals surface area contributed by atoms with E-state index in [4.69, 9.17) is 21.1 Å². The van der Waals surface area contributed by atoms with Crippen molar-refractivity contribution in [3.05, 3.63) is 58.0 Å². The van der Waals surface area contributed by atoms with Crippen molar-refractivity contribution in [3.63, 3.8) is 0 Å². The number of rotatable bonds is 4. The summed E-state index contributed by atoms with van der Waals surface area (Å²) in [6, 6.07) is 7.82. The summed E-state index contributed by atoms with van der Waals surface area (Å²) in [7, 11) is 4.95. The number of halogens is 2. The summed E-state index contributed by atoms with van der Waals surface area (Å²) >= 11 is 5.79. The van der Waals surface area contributed by atoms with E-state index in [1.54, 1.807) is 25.9 Å². The third-order valence-electron chi connectivity index (χ3n) is 4.77. The van der Waals surface area contributed by atoms with E-state index in [0.717, 1.165) is 22.4 Å². The highest BCUT2D eigenvalue weighted by molar-refractivity contribution is 6.31. The van der Waals surface area contributed by atoms with Crippen LogP contribution in [0.1, 0.15) is 21.6 Å². The van der Waals surface area contributed by atoms with Gasteiger partial charge in [-0.05, 0) is 35.9 Å². The van der Waals surface area contributed by atoms with Crippen molar-refractivity contribution < 1.29 is 18.7 Å². The minimum absolute atomic E-state index is 0.0596. The average molecular weight is 402 g/mol. The van der Waals surface area contributed by atoms with Crippen molar-refractivity contribution in [1.29, 1.82) is 0 Å². The van der Waals surface area contributed by atoms with E-state index in [0.29, 0.717) is 29.3 Å². The molecule has 8 heteroatoms. The number of carbonyl (C=O) groups excluding carboxylic acids is 1. The lowest BCUT2D eigenvalue weighted by Crippen LogP contribution is -2.15. The monoisotopic (exact) mass is 401 g/mol. The maximum absolute atomic E-state index is 13.3. The van der Waals surface area contributed by atoms with Crippen LogP contribution < -0.4 is 14.8 Å². The van der Waals surface area contributed by atoms with Crippen LogP contribution in [0.25, 0.3) is 11.3 Å². The van der Waals surface area contributed by atoms with Crippen LogP contribution in [0.2, 0.25) is 5.02 Å². The standard InChI is InChI=1S/C20H17ClFN3O3/c1-25-19-12-9-17(28-3)16(27-2)7-10(12)6-13(19)18(24-25)20(26)23-11-4-5-15(22)14(21)8-11/h4-5,7-9H,6H2,1-3H3,(H,23,26). The predicted octanol–water partition coefficient (Wildman–Crippen LogP) is 4.05. The Hall–Kier alpha value is -3.06. The van der Waals surface area contributed by atoms with Gasteiger partial charge in [0.1, 0.15) is 5.82 Å². The van der Waals surface area contributed by atoms with Crippen LogP contribution in [0.5, 0.6) is 11.5 Å². The summed E-state index contributed by atoms with van der Waals surface area (Å²) in [5.41, 5.74) is 4.37. The van der Waals surface area contributed by atoms with E-state index in [1.807, 2.05) is 12.1 Å². The maximum Gasteiger partial charge on any atom is 0.276 e. The van der Waals surface area contributed by atoms with Crippen molar-refractivity contribution in [3.8, 4) is 22.8 Å². The molecule has 0 atom stereocenters. The Kier molecular flexibility index (Phi) is 4.47. The fourth-order valence-electron chi connectivity index (χ4n) is 3.50. The molecule has 1 N–H and O–H groups in total. The second-order valence-electron chi connectivity index (χ2n) is 6.42. The average Bonchev–Trinajstić information content (AvgIpc) is 3.20. The normalized spacial score (nSPS) is 11.8. The molecular weight excluding hydrogens is 385 g/mol. The minimum atomic E-state index is -0.545. The van der Waals surface area contributed by atoms with Crippen LogP contribution in [0, 0.1) is 5.82 Å². The van der Waals surface area contributed by atoms with Crippen molar-refractivity contribution in [2.24, 2.45) is 7.05 Å². The number of aryl methyl sites for hydroxylation is 1. The smallest absolute Gasteiger partial charge is 0.276 e. The van der Waals surface area contributed by atoms with Gasteiger partial charge in [-0.2, -0.15) is 5.10 Å². The highest BCUT2D eigenvalue weighted by Gasteiger charge is 2.31. The van der Waals surface area contributed by atoms with Crippen molar-refractivity contribution in [2.75, 3.05) is 19.5 Å². The van der Waals surface area contributed by atoms with Gasteiger partial charge in [0.05, 0.1) is 24.9 Å². The quantitative estimate of drug-likeness (QED) is 0.560. The van der Waals surface area contributed by atoms with E-state index in [-0.39, 0.29) is 10.9 Å². The first-order valence-corrected chi connectivity index (χ1v) is 8.88. The molecule has 1 aliphatic rings. The largest absolute Gasteiger partial charge is 0.493 e. The first-order chi connectivity index (χ1) is 13.4. The lowest BCUT2D eigenvalue weighted by molar-refractivity contribution is 0.102. The summed E-state index contributed by atoms with van der Waals surface area (Å²) in [6.07, 6.45) is 0.547. The Morgan fingerprint density at radius 2 is 1.93 bits per heavy atom. The zero-order chi connectivity index (χ0) is 20.0. The Morgan fingerprint density at radius 3 is 2.61 bits per heavy atom. The fraction of sp³-hybridized carbons (Fsp3) is 0.200. The predicted molar refractivity (Wildman–Crippen MR) is 104 cm³/mol.